The Morgan fingerprint density at radius 1 is 0.941 bits per heavy atom. The number of amides is 2. The maximum absolute atomic E-state index is 12.7. The molecule has 1 atom stereocenters. The summed E-state index contributed by atoms with van der Waals surface area (Å²) in [5.41, 5.74) is -0.958. The quantitative estimate of drug-likeness (QED) is 0.596. The second kappa shape index (κ2) is 9.99. The van der Waals surface area contributed by atoms with Crippen molar-refractivity contribution in [1.29, 1.82) is 0 Å². The molecule has 0 saturated carbocycles. The number of guanidine groups is 1. The van der Waals surface area contributed by atoms with E-state index < -0.39 is 61.4 Å². The first kappa shape index (κ1) is 27.1. The van der Waals surface area contributed by atoms with Crippen LogP contribution in [0.1, 0.15) is 5.56 Å². The normalized spacial score (nSPS) is 16.9. The molecule has 2 rings (SSSR count). The van der Waals surface area contributed by atoms with Crippen LogP contribution >= 0.6 is 0 Å². The van der Waals surface area contributed by atoms with Crippen LogP contribution in [0.4, 0.5) is 50.0 Å². The Labute approximate surface area is 186 Å². The van der Waals surface area contributed by atoms with Gasteiger partial charge in [0.25, 0.3) is 0 Å². The summed E-state index contributed by atoms with van der Waals surface area (Å²) in [6.07, 6.45) is -15.2. The van der Waals surface area contributed by atoms with Crippen molar-refractivity contribution in [3.8, 4) is 0 Å². The Morgan fingerprint density at radius 3 is 2.00 bits per heavy atom. The standard InChI is InChI=1S/C18H17F9N4O3/c1-30(11-5-3-10(4-6-11)18(25,26)27)15(32)31(2)14-28-12(33-8-16(19,20)21)7-13(29-14)34-9-17(22,23)24/h3-7,12H,8-9H2,1-2H3,(H,28,29). The van der Waals surface area contributed by atoms with Crippen molar-refractivity contribution < 1.29 is 53.8 Å². The number of alkyl halides is 9. The molecule has 0 aliphatic carbocycles. The van der Waals surface area contributed by atoms with Gasteiger partial charge in [-0.2, -0.15) is 39.5 Å². The number of hydrogen-bond acceptors (Lipinski definition) is 5. The lowest BCUT2D eigenvalue weighted by Gasteiger charge is -2.30. The molecule has 0 saturated heterocycles. The van der Waals surface area contributed by atoms with Crippen LogP contribution in [0.3, 0.4) is 0 Å². The van der Waals surface area contributed by atoms with E-state index >= 15 is 0 Å². The van der Waals surface area contributed by atoms with Gasteiger partial charge in [0.05, 0.1) is 5.56 Å². The van der Waals surface area contributed by atoms with E-state index in [2.05, 4.69) is 19.8 Å². The molecule has 0 bridgehead atoms. The fraction of sp³-hybridized carbons (Fsp3) is 0.444. The molecule has 190 valence electrons. The topological polar surface area (TPSA) is 66.4 Å². The third-order valence-corrected chi connectivity index (χ3v) is 4.06. The minimum Gasteiger partial charge on any atom is -0.469 e. The van der Waals surface area contributed by atoms with Gasteiger partial charge in [0, 0.05) is 25.9 Å². The van der Waals surface area contributed by atoms with Crippen LogP contribution in [0.5, 0.6) is 0 Å². The highest BCUT2D eigenvalue weighted by Gasteiger charge is 2.34. The number of nitrogens with one attached hydrogen (secondary N) is 1. The zero-order chi connectivity index (χ0) is 25.9. The summed E-state index contributed by atoms with van der Waals surface area (Å²) >= 11 is 0. The Hall–Kier alpha value is -3.17. The maximum Gasteiger partial charge on any atom is 0.422 e. The number of rotatable bonds is 5. The molecule has 0 aromatic heterocycles. The van der Waals surface area contributed by atoms with Gasteiger partial charge in [-0.3, -0.25) is 15.1 Å². The van der Waals surface area contributed by atoms with Gasteiger partial charge >= 0.3 is 24.6 Å². The van der Waals surface area contributed by atoms with Gasteiger partial charge in [0.2, 0.25) is 5.96 Å². The van der Waals surface area contributed by atoms with E-state index in [-0.39, 0.29) is 5.69 Å². The van der Waals surface area contributed by atoms with Crippen molar-refractivity contribution in [2.24, 2.45) is 4.99 Å². The van der Waals surface area contributed by atoms with Crippen molar-refractivity contribution in [1.82, 2.24) is 10.2 Å². The first-order valence-electron chi connectivity index (χ1n) is 9.09. The minimum atomic E-state index is -4.77. The van der Waals surface area contributed by atoms with Gasteiger partial charge in [-0.15, -0.1) is 0 Å². The number of urea groups is 1. The Morgan fingerprint density at radius 2 is 1.50 bits per heavy atom. The highest BCUT2D eigenvalue weighted by atomic mass is 19.4. The van der Waals surface area contributed by atoms with Crippen LogP contribution in [0, 0.1) is 0 Å². The average molecular weight is 508 g/mol. The number of benzene rings is 1. The summed E-state index contributed by atoms with van der Waals surface area (Å²) in [5.74, 6) is -1.21. The lowest BCUT2D eigenvalue weighted by molar-refractivity contribution is -0.181. The van der Waals surface area contributed by atoms with Crippen molar-refractivity contribution in [3.05, 3.63) is 41.8 Å². The van der Waals surface area contributed by atoms with Crippen LogP contribution in [0.25, 0.3) is 0 Å². The monoisotopic (exact) mass is 508 g/mol. The first-order chi connectivity index (χ1) is 15.5. The van der Waals surface area contributed by atoms with Crippen LogP contribution in [0.15, 0.2) is 41.2 Å². The van der Waals surface area contributed by atoms with Crippen LogP contribution in [0.2, 0.25) is 0 Å². The molecule has 1 heterocycles. The first-order valence-corrected chi connectivity index (χ1v) is 9.09. The Kier molecular flexibility index (Phi) is 7.95. The number of carbonyl (C=O) groups excluding carboxylic acids is 1. The van der Waals surface area contributed by atoms with Gasteiger partial charge in [0.1, 0.15) is 6.61 Å². The Balaban J connectivity index is 2.20. The van der Waals surface area contributed by atoms with E-state index in [9.17, 15) is 44.3 Å². The molecule has 0 radical (unpaired) electrons. The van der Waals surface area contributed by atoms with Gasteiger partial charge in [-0.05, 0) is 24.3 Å². The van der Waals surface area contributed by atoms with Crippen molar-refractivity contribution in [2.45, 2.75) is 24.8 Å². The zero-order valence-electron chi connectivity index (χ0n) is 17.3. The molecule has 1 aliphatic rings. The maximum atomic E-state index is 12.7. The molecule has 2 amide bonds. The molecule has 7 nitrogen and oxygen atoms in total. The number of ether oxygens (including phenoxy) is 2. The van der Waals surface area contributed by atoms with Crippen LogP contribution < -0.4 is 10.2 Å². The van der Waals surface area contributed by atoms with E-state index in [4.69, 9.17) is 0 Å². The summed E-state index contributed by atoms with van der Waals surface area (Å²) in [4.78, 5) is 18.0. The molecule has 1 N–H and O–H groups in total. The highest BCUT2D eigenvalue weighted by molar-refractivity contribution is 6.03. The molecule has 0 spiro atoms. The molecular weight excluding hydrogens is 491 g/mol. The van der Waals surface area contributed by atoms with Crippen LogP contribution in [-0.2, 0) is 15.7 Å². The van der Waals surface area contributed by atoms with Crippen molar-refractivity contribution in [2.75, 3.05) is 32.2 Å². The lowest BCUT2D eigenvalue weighted by atomic mass is 10.2. The number of hydrogen-bond donors (Lipinski definition) is 1. The predicted molar refractivity (Wildman–Crippen MR) is 99.5 cm³/mol. The van der Waals surface area contributed by atoms with E-state index in [1.165, 1.54) is 7.05 Å². The van der Waals surface area contributed by atoms with E-state index in [0.29, 0.717) is 11.0 Å². The molecular formula is C18H17F9N4O3. The number of aliphatic imine (C=N–C) groups is 1. The summed E-state index contributed by atoms with van der Waals surface area (Å²) in [6.45, 7) is -3.59. The minimum absolute atomic E-state index is 0.00946. The summed E-state index contributed by atoms with van der Waals surface area (Å²) in [6, 6.07) is 2.50. The Bertz CT molecular complexity index is 925. The molecule has 0 fully saturated rings. The third kappa shape index (κ3) is 8.00. The predicted octanol–water partition coefficient (Wildman–Crippen LogP) is 4.48. The number of nitrogens with zero attached hydrogens (tertiary/aromatic N) is 3. The van der Waals surface area contributed by atoms with Gasteiger partial charge in [-0.25, -0.2) is 9.79 Å². The van der Waals surface area contributed by atoms with Gasteiger partial charge in [-0.1, -0.05) is 0 Å². The number of halogens is 9. The fourth-order valence-corrected chi connectivity index (χ4v) is 2.45. The second-order valence-electron chi connectivity index (χ2n) is 6.77. The van der Waals surface area contributed by atoms with Gasteiger partial charge < -0.3 is 9.47 Å². The van der Waals surface area contributed by atoms with Crippen LogP contribution in [-0.4, -0.2) is 62.8 Å². The molecule has 1 aromatic carbocycles. The second-order valence-corrected chi connectivity index (χ2v) is 6.77. The number of anilines is 1. The third-order valence-electron chi connectivity index (χ3n) is 4.06. The largest absolute Gasteiger partial charge is 0.469 e. The average Bonchev–Trinajstić information content (AvgIpc) is 2.73. The highest BCUT2D eigenvalue weighted by Crippen LogP contribution is 2.30. The fourth-order valence-electron chi connectivity index (χ4n) is 2.45. The summed E-state index contributed by atoms with van der Waals surface area (Å²) in [7, 11) is 2.25. The zero-order valence-corrected chi connectivity index (χ0v) is 17.3. The number of carbonyl (C=O) groups is 1. The smallest absolute Gasteiger partial charge is 0.422 e. The molecule has 1 aliphatic heterocycles. The van der Waals surface area contributed by atoms with Crippen molar-refractivity contribution >= 4 is 17.7 Å². The molecule has 1 aromatic rings. The summed E-state index contributed by atoms with van der Waals surface area (Å²) in [5, 5.41) is 2.23. The van der Waals surface area contributed by atoms with E-state index in [1.54, 1.807) is 0 Å². The lowest BCUT2D eigenvalue weighted by Crippen LogP contribution is -2.50. The SMILES string of the molecule is CN(C(=O)N(C)c1ccc(C(F)(F)F)cc1)C1=NC(OCC(F)(F)F)C=C(OCC(F)(F)F)N1. The molecule has 1 unspecified atom stereocenters. The summed E-state index contributed by atoms with van der Waals surface area (Å²) < 4.78 is 122. The van der Waals surface area contributed by atoms with E-state index in [1.807, 2.05) is 0 Å². The van der Waals surface area contributed by atoms with Crippen molar-refractivity contribution in [3.63, 3.8) is 0 Å². The van der Waals surface area contributed by atoms with E-state index in [0.717, 1.165) is 36.2 Å². The molecule has 34 heavy (non-hydrogen) atoms. The van der Waals surface area contributed by atoms with Gasteiger partial charge in [0.15, 0.2) is 18.7 Å². The molecule has 16 heteroatoms.